The first kappa shape index (κ1) is 20.7. The van der Waals surface area contributed by atoms with E-state index in [0.717, 1.165) is 36.9 Å². The Balaban J connectivity index is 2.17. The maximum Gasteiger partial charge on any atom is 0.354 e. The van der Waals surface area contributed by atoms with E-state index in [-0.39, 0.29) is 6.61 Å². The SMILES string of the molecule is CCCCOP(=O)(O)C(Nc1ccc(CCCC)cc1)c1ccccc1. The molecule has 0 aliphatic carbocycles. The molecule has 142 valence electrons. The molecule has 0 saturated heterocycles. The van der Waals surface area contributed by atoms with Gasteiger partial charge in [0, 0.05) is 5.69 Å². The lowest BCUT2D eigenvalue weighted by Crippen LogP contribution is -2.13. The van der Waals surface area contributed by atoms with Gasteiger partial charge in [-0.1, -0.05) is 69.2 Å². The highest BCUT2D eigenvalue weighted by molar-refractivity contribution is 7.53. The summed E-state index contributed by atoms with van der Waals surface area (Å²) in [5.41, 5.74) is 2.83. The summed E-state index contributed by atoms with van der Waals surface area (Å²) < 4.78 is 18.3. The lowest BCUT2D eigenvalue weighted by atomic mass is 10.1. The van der Waals surface area contributed by atoms with Crippen molar-refractivity contribution in [3.05, 3.63) is 65.7 Å². The first-order chi connectivity index (χ1) is 12.6. The quantitative estimate of drug-likeness (QED) is 0.366. The average molecular weight is 375 g/mol. The minimum atomic E-state index is -3.86. The van der Waals surface area contributed by atoms with Crippen LogP contribution in [0, 0.1) is 0 Å². The van der Waals surface area contributed by atoms with Gasteiger partial charge < -0.3 is 14.7 Å². The smallest absolute Gasteiger partial charge is 0.354 e. The molecule has 0 spiro atoms. The van der Waals surface area contributed by atoms with Crippen LogP contribution < -0.4 is 5.32 Å². The van der Waals surface area contributed by atoms with E-state index in [1.54, 1.807) is 0 Å². The van der Waals surface area contributed by atoms with Gasteiger partial charge in [-0.25, -0.2) is 0 Å². The minimum Gasteiger partial charge on any atom is -0.368 e. The summed E-state index contributed by atoms with van der Waals surface area (Å²) >= 11 is 0. The van der Waals surface area contributed by atoms with Crippen molar-refractivity contribution >= 4 is 13.3 Å². The summed E-state index contributed by atoms with van der Waals surface area (Å²) in [5.74, 6) is -0.790. The molecule has 0 aliphatic heterocycles. The van der Waals surface area contributed by atoms with Crippen molar-refractivity contribution in [3.63, 3.8) is 0 Å². The molecule has 2 rings (SSSR count). The molecule has 26 heavy (non-hydrogen) atoms. The molecule has 2 unspecified atom stereocenters. The van der Waals surface area contributed by atoms with E-state index < -0.39 is 13.4 Å². The van der Waals surface area contributed by atoms with Crippen molar-refractivity contribution in [2.75, 3.05) is 11.9 Å². The highest BCUT2D eigenvalue weighted by atomic mass is 31.2. The number of anilines is 1. The second-order valence-electron chi connectivity index (χ2n) is 6.51. The highest BCUT2D eigenvalue weighted by Gasteiger charge is 2.33. The molecule has 0 fully saturated rings. The van der Waals surface area contributed by atoms with E-state index in [4.69, 9.17) is 4.52 Å². The van der Waals surface area contributed by atoms with Crippen molar-refractivity contribution in [2.45, 2.75) is 51.7 Å². The fourth-order valence-corrected chi connectivity index (χ4v) is 4.11. The number of benzene rings is 2. The number of aryl methyl sites for hydroxylation is 1. The highest BCUT2D eigenvalue weighted by Crippen LogP contribution is 2.56. The van der Waals surface area contributed by atoms with Crippen LogP contribution >= 0.6 is 7.60 Å². The van der Waals surface area contributed by atoms with E-state index in [9.17, 15) is 9.46 Å². The van der Waals surface area contributed by atoms with E-state index in [1.807, 2.05) is 49.4 Å². The first-order valence-corrected chi connectivity index (χ1v) is 11.1. The van der Waals surface area contributed by atoms with Crippen LogP contribution in [0.3, 0.4) is 0 Å². The fraction of sp³-hybridized carbons (Fsp3) is 0.429. The molecule has 4 nitrogen and oxygen atoms in total. The maximum absolute atomic E-state index is 12.9. The van der Waals surface area contributed by atoms with Gasteiger partial charge in [-0.15, -0.1) is 0 Å². The lowest BCUT2D eigenvalue weighted by molar-refractivity contribution is 0.249. The summed E-state index contributed by atoms with van der Waals surface area (Å²) in [7, 11) is -3.86. The molecule has 0 bridgehead atoms. The van der Waals surface area contributed by atoms with Crippen LogP contribution in [0.15, 0.2) is 54.6 Å². The summed E-state index contributed by atoms with van der Waals surface area (Å²) in [6.07, 6.45) is 5.06. The largest absolute Gasteiger partial charge is 0.368 e. The number of nitrogens with one attached hydrogen (secondary N) is 1. The van der Waals surface area contributed by atoms with Gasteiger partial charge >= 0.3 is 7.60 Å². The number of hydrogen-bond donors (Lipinski definition) is 2. The topological polar surface area (TPSA) is 58.6 Å². The van der Waals surface area contributed by atoms with Crippen molar-refractivity contribution in [3.8, 4) is 0 Å². The van der Waals surface area contributed by atoms with Gasteiger partial charge in [-0.2, -0.15) is 0 Å². The van der Waals surface area contributed by atoms with Crippen molar-refractivity contribution < 1.29 is 14.0 Å². The van der Waals surface area contributed by atoms with Crippen molar-refractivity contribution in [1.29, 1.82) is 0 Å². The molecule has 0 saturated carbocycles. The zero-order valence-corrected chi connectivity index (χ0v) is 16.6. The maximum atomic E-state index is 12.9. The molecular weight excluding hydrogens is 345 g/mol. The van der Waals surface area contributed by atoms with Crippen LogP contribution in [-0.4, -0.2) is 11.5 Å². The average Bonchev–Trinajstić information content (AvgIpc) is 2.66. The molecule has 0 amide bonds. The predicted molar refractivity (Wildman–Crippen MR) is 109 cm³/mol. The fourth-order valence-electron chi connectivity index (χ4n) is 2.71. The molecule has 0 aromatic heterocycles. The molecule has 0 aliphatic rings. The van der Waals surface area contributed by atoms with Crippen LogP contribution in [0.2, 0.25) is 0 Å². The molecule has 2 N–H and O–H groups in total. The van der Waals surface area contributed by atoms with E-state index in [0.29, 0.717) is 0 Å². The zero-order valence-electron chi connectivity index (χ0n) is 15.7. The molecule has 2 atom stereocenters. The second-order valence-corrected chi connectivity index (χ2v) is 8.41. The lowest BCUT2D eigenvalue weighted by Gasteiger charge is -2.25. The normalized spacial score (nSPS) is 14.6. The van der Waals surface area contributed by atoms with Crippen LogP contribution in [-0.2, 0) is 15.5 Å². The second kappa shape index (κ2) is 10.5. The monoisotopic (exact) mass is 375 g/mol. The summed E-state index contributed by atoms with van der Waals surface area (Å²) in [4.78, 5) is 10.6. The summed E-state index contributed by atoms with van der Waals surface area (Å²) in [6, 6.07) is 17.4. The van der Waals surface area contributed by atoms with Gasteiger partial charge in [0.05, 0.1) is 6.61 Å². The Morgan fingerprint density at radius 3 is 2.27 bits per heavy atom. The Labute approximate surface area is 157 Å². The molecule has 2 aromatic rings. The number of hydrogen-bond acceptors (Lipinski definition) is 3. The number of unbranched alkanes of at least 4 members (excludes halogenated alkanes) is 2. The van der Waals surface area contributed by atoms with Gasteiger partial charge in [-0.05, 0) is 42.5 Å². The third-order valence-electron chi connectivity index (χ3n) is 4.29. The predicted octanol–water partition coefficient (Wildman–Crippen LogP) is 6.14. The molecule has 5 heteroatoms. The molecule has 0 heterocycles. The molecule has 0 radical (unpaired) electrons. The van der Waals surface area contributed by atoms with Crippen LogP contribution in [0.5, 0.6) is 0 Å². The zero-order chi connectivity index (χ0) is 18.8. The van der Waals surface area contributed by atoms with E-state index >= 15 is 0 Å². The van der Waals surface area contributed by atoms with E-state index in [2.05, 4.69) is 24.4 Å². The first-order valence-electron chi connectivity index (χ1n) is 9.44. The Hall–Kier alpha value is -1.61. The summed E-state index contributed by atoms with van der Waals surface area (Å²) in [5, 5.41) is 3.21. The Morgan fingerprint density at radius 1 is 1.00 bits per heavy atom. The van der Waals surface area contributed by atoms with Crippen LogP contribution in [0.25, 0.3) is 0 Å². The van der Waals surface area contributed by atoms with Crippen LogP contribution in [0.4, 0.5) is 5.69 Å². The van der Waals surface area contributed by atoms with Gasteiger partial charge in [0.1, 0.15) is 0 Å². The minimum absolute atomic E-state index is 0.283. The Kier molecular flexibility index (Phi) is 8.37. The standard InChI is InChI=1S/C21H30NO3P/c1-3-5-10-18-13-15-20(16-14-18)22-21(19-11-8-7-9-12-19)26(23,24)25-17-6-4-2/h7-9,11-16,21-22H,3-6,10,17H2,1-2H3,(H,23,24). The summed E-state index contributed by atoms with van der Waals surface area (Å²) in [6.45, 7) is 4.49. The van der Waals surface area contributed by atoms with Crippen LogP contribution in [0.1, 0.15) is 56.4 Å². The number of rotatable bonds is 11. The Bertz CT molecular complexity index is 688. The third-order valence-corrected chi connectivity index (χ3v) is 5.92. The van der Waals surface area contributed by atoms with Gasteiger partial charge in [0.2, 0.25) is 0 Å². The van der Waals surface area contributed by atoms with Crippen molar-refractivity contribution in [2.24, 2.45) is 0 Å². The van der Waals surface area contributed by atoms with Gasteiger partial charge in [0.25, 0.3) is 0 Å². The Morgan fingerprint density at radius 2 is 1.65 bits per heavy atom. The molecule has 2 aromatic carbocycles. The third kappa shape index (κ3) is 6.28. The van der Waals surface area contributed by atoms with E-state index in [1.165, 1.54) is 12.0 Å². The van der Waals surface area contributed by atoms with Crippen molar-refractivity contribution in [1.82, 2.24) is 0 Å². The van der Waals surface area contributed by atoms with Gasteiger partial charge in [0.15, 0.2) is 5.78 Å². The van der Waals surface area contributed by atoms with Gasteiger partial charge in [-0.3, -0.25) is 4.57 Å². The molecular formula is C21H30NO3P.